The number of hydrogen-bond acceptors (Lipinski definition) is 3. The summed E-state index contributed by atoms with van der Waals surface area (Å²) in [6.45, 7) is 7.97. The third-order valence-corrected chi connectivity index (χ3v) is 5.19. The van der Waals surface area contributed by atoms with Gasteiger partial charge in [0.2, 0.25) is 0 Å². The number of rotatable bonds is 6. The van der Waals surface area contributed by atoms with Gasteiger partial charge in [0, 0.05) is 44.8 Å². The van der Waals surface area contributed by atoms with Crippen LogP contribution < -0.4 is 5.73 Å². The fourth-order valence-corrected chi connectivity index (χ4v) is 3.63. The molecule has 1 aromatic rings. The summed E-state index contributed by atoms with van der Waals surface area (Å²) in [5.74, 6) is 0.584. The molecule has 0 radical (unpaired) electrons. The van der Waals surface area contributed by atoms with E-state index in [0.717, 1.165) is 12.6 Å². The SMILES string of the molecule is CC(CC(CN)N1CCN(C2CC2)CC1)c1ccccc1. The smallest absolute Gasteiger partial charge is 0.0225 e. The lowest BCUT2D eigenvalue weighted by Crippen LogP contribution is -2.53. The van der Waals surface area contributed by atoms with E-state index in [0.29, 0.717) is 12.0 Å². The van der Waals surface area contributed by atoms with Gasteiger partial charge in [-0.3, -0.25) is 9.80 Å². The molecule has 1 saturated carbocycles. The molecule has 1 aliphatic heterocycles. The van der Waals surface area contributed by atoms with Crippen molar-refractivity contribution in [2.45, 2.75) is 44.2 Å². The molecule has 3 nitrogen and oxygen atoms in total. The first-order valence-corrected chi connectivity index (χ1v) is 8.51. The van der Waals surface area contributed by atoms with Gasteiger partial charge in [-0.1, -0.05) is 37.3 Å². The van der Waals surface area contributed by atoms with Crippen molar-refractivity contribution in [1.82, 2.24) is 9.80 Å². The van der Waals surface area contributed by atoms with Gasteiger partial charge in [-0.25, -0.2) is 0 Å². The first-order valence-electron chi connectivity index (χ1n) is 8.51. The maximum atomic E-state index is 6.08. The third kappa shape index (κ3) is 3.85. The zero-order valence-electron chi connectivity index (χ0n) is 13.2. The van der Waals surface area contributed by atoms with Crippen LogP contribution in [0.3, 0.4) is 0 Å². The standard InChI is InChI=1S/C18H29N3/c1-15(16-5-3-2-4-6-16)13-18(14-19)21-11-9-20(10-12-21)17-7-8-17/h2-6,15,17-18H,7-14,19H2,1H3. The zero-order chi connectivity index (χ0) is 14.7. The molecule has 1 aliphatic carbocycles. The Labute approximate surface area is 129 Å². The monoisotopic (exact) mass is 287 g/mol. The molecule has 1 aromatic carbocycles. The van der Waals surface area contributed by atoms with Crippen molar-refractivity contribution < 1.29 is 0 Å². The van der Waals surface area contributed by atoms with Crippen LogP contribution in [-0.2, 0) is 0 Å². The number of piperazine rings is 1. The van der Waals surface area contributed by atoms with Crippen LogP contribution in [0.4, 0.5) is 0 Å². The van der Waals surface area contributed by atoms with Crippen LogP contribution in [-0.4, -0.2) is 54.6 Å². The quantitative estimate of drug-likeness (QED) is 0.871. The molecule has 21 heavy (non-hydrogen) atoms. The molecule has 2 atom stereocenters. The minimum Gasteiger partial charge on any atom is -0.329 e. The van der Waals surface area contributed by atoms with E-state index in [2.05, 4.69) is 47.1 Å². The van der Waals surface area contributed by atoms with Crippen molar-refractivity contribution in [3.05, 3.63) is 35.9 Å². The lowest BCUT2D eigenvalue weighted by atomic mass is 9.93. The van der Waals surface area contributed by atoms with Gasteiger partial charge in [-0.2, -0.15) is 0 Å². The van der Waals surface area contributed by atoms with Crippen molar-refractivity contribution in [3.63, 3.8) is 0 Å². The van der Waals surface area contributed by atoms with Crippen molar-refractivity contribution in [2.24, 2.45) is 5.73 Å². The maximum absolute atomic E-state index is 6.08. The minimum absolute atomic E-state index is 0.529. The van der Waals surface area contributed by atoms with Crippen LogP contribution >= 0.6 is 0 Å². The highest BCUT2D eigenvalue weighted by Gasteiger charge is 2.32. The normalized spacial score (nSPS) is 23.9. The van der Waals surface area contributed by atoms with E-state index >= 15 is 0 Å². The summed E-state index contributed by atoms with van der Waals surface area (Å²) in [7, 11) is 0. The van der Waals surface area contributed by atoms with E-state index < -0.39 is 0 Å². The molecule has 0 bridgehead atoms. The maximum Gasteiger partial charge on any atom is 0.0225 e. The zero-order valence-corrected chi connectivity index (χ0v) is 13.2. The minimum atomic E-state index is 0.529. The van der Waals surface area contributed by atoms with Gasteiger partial charge in [0.1, 0.15) is 0 Å². The Morgan fingerprint density at radius 1 is 1.10 bits per heavy atom. The molecule has 0 amide bonds. The molecule has 1 saturated heterocycles. The summed E-state index contributed by atoms with van der Waals surface area (Å²) in [6.07, 6.45) is 4.01. The summed E-state index contributed by atoms with van der Waals surface area (Å²) in [5.41, 5.74) is 7.52. The molecular formula is C18H29N3. The van der Waals surface area contributed by atoms with E-state index in [9.17, 15) is 0 Å². The predicted molar refractivity (Wildman–Crippen MR) is 88.5 cm³/mol. The fraction of sp³-hybridized carbons (Fsp3) is 0.667. The van der Waals surface area contributed by atoms with E-state index in [1.807, 2.05) is 0 Å². The van der Waals surface area contributed by atoms with Crippen molar-refractivity contribution in [2.75, 3.05) is 32.7 Å². The van der Waals surface area contributed by atoms with Gasteiger partial charge < -0.3 is 5.73 Å². The number of nitrogens with zero attached hydrogens (tertiary/aromatic N) is 2. The summed E-state index contributed by atoms with van der Waals surface area (Å²) >= 11 is 0. The van der Waals surface area contributed by atoms with Gasteiger partial charge in [0.15, 0.2) is 0 Å². The molecule has 2 N–H and O–H groups in total. The molecule has 0 spiro atoms. The Morgan fingerprint density at radius 3 is 2.33 bits per heavy atom. The van der Waals surface area contributed by atoms with Crippen molar-refractivity contribution in [3.8, 4) is 0 Å². The van der Waals surface area contributed by atoms with Gasteiger partial charge >= 0.3 is 0 Å². The van der Waals surface area contributed by atoms with Crippen LogP contribution in [0.15, 0.2) is 30.3 Å². The molecule has 116 valence electrons. The summed E-state index contributed by atoms with van der Waals surface area (Å²) < 4.78 is 0. The highest BCUT2D eigenvalue weighted by molar-refractivity contribution is 5.19. The van der Waals surface area contributed by atoms with Crippen LogP contribution in [0.2, 0.25) is 0 Å². The molecule has 3 rings (SSSR count). The molecule has 0 aromatic heterocycles. The lowest BCUT2D eigenvalue weighted by Gasteiger charge is -2.40. The van der Waals surface area contributed by atoms with Gasteiger partial charge in [-0.05, 0) is 30.7 Å². The van der Waals surface area contributed by atoms with E-state index in [4.69, 9.17) is 5.73 Å². The lowest BCUT2D eigenvalue weighted by molar-refractivity contribution is 0.0881. The molecule has 2 aliphatic rings. The molecule has 1 heterocycles. The van der Waals surface area contributed by atoms with Crippen molar-refractivity contribution in [1.29, 1.82) is 0 Å². The van der Waals surface area contributed by atoms with E-state index in [-0.39, 0.29) is 0 Å². The highest BCUT2D eigenvalue weighted by Crippen LogP contribution is 2.28. The largest absolute Gasteiger partial charge is 0.329 e. The second-order valence-electron chi connectivity index (χ2n) is 6.74. The van der Waals surface area contributed by atoms with Gasteiger partial charge in [0.25, 0.3) is 0 Å². The first kappa shape index (κ1) is 15.0. The molecule has 3 heteroatoms. The predicted octanol–water partition coefficient (Wildman–Crippen LogP) is 2.29. The summed E-state index contributed by atoms with van der Waals surface area (Å²) in [6, 6.07) is 12.3. The Morgan fingerprint density at radius 2 is 1.76 bits per heavy atom. The van der Waals surface area contributed by atoms with E-state index in [1.54, 1.807) is 0 Å². The van der Waals surface area contributed by atoms with E-state index in [1.165, 1.54) is 51.0 Å². The van der Waals surface area contributed by atoms with Gasteiger partial charge in [-0.15, -0.1) is 0 Å². The number of benzene rings is 1. The third-order valence-electron chi connectivity index (χ3n) is 5.19. The van der Waals surface area contributed by atoms with Crippen molar-refractivity contribution >= 4 is 0 Å². The first-order chi connectivity index (χ1) is 10.3. The average Bonchev–Trinajstić information content (AvgIpc) is 3.38. The molecule has 2 fully saturated rings. The second-order valence-corrected chi connectivity index (χ2v) is 6.74. The second kappa shape index (κ2) is 6.91. The summed E-state index contributed by atoms with van der Waals surface area (Å²) in [5, 5.41) is 0. The average molecular weight is 287 g/mol. The highest BCUT2D eigenvalue weighted by atomic mass is 15.3. The number of nitrogens with two attached hydrogens (primary N) is 1. The van der Waals surface area contributed by atoms with Crippen LogP contribution in [0.1, 0.15) is 37.7 Å². The molecular weight excluding hydrogens is 258 g/mol. The topological polar surface area (TPSA) is 32.5 Å². The Bertz CT molecular complexity index is 421. The van der Waals surface area contributed by atoms with Crippen LogP contribution in [0.5, 0.6) is 0 Å². The Hall–Kier alpha value is -0.900. The van der Waals surface area contributed by atoms with Gasteiger partial charge in [0.05, 0.1) is 0 Å². The van der Waals surface area contributed by atoms with Crippen LogP contribution in [0.25, 0.3) is 0 Å². The Balaban J connectivity index is 1.53. The molecule has 2 unspecified atom stereocenters. The Kier molecular flexibility index (Phi) is 4.94. The number of hydrogen-bond donors (Lipinski definition) is 1. The fourth-order valence-electron chi connectivity index (χ4n) is 3.63. The van der Waals surface area contributed by atoms with Crippen LogP contribution in [0, 0.1) is 0 Å². The summed E-state index contributed by atoms with van der Waals surface area (Å²) in [4.78, 5) is 5.29.